The monoisotopic (exact) mass is 232 g/mol. The van der Waals surface area contributed by atoms with Crippen LogP contribution < -0.4 is 0 Å². The van der Waals surface area contributed by atoms with Crippen LogP contribution in [0.4, 0.5) is 0 Å². The highest BCUT2D eigenvalue weighted by atomic mass is 32.2. The van der Waals surface area contributed by atoms with Crippen molar-refractivity contribution >= 4 is 11.8 Å². The molecule has 0 bridgehead atoms. The second-order valence-electron chi connectivity index (χ2n) is 3.49. The molecule has 0 fully saturated rings. The maximum Gasteiger partial charge on any atom is 0.133 e. The van der Waals surface area contributed by atoms with Crippen LogP contribution in [-0.2, 0) is 0 Å². The van der Waals surface area contributed by atoms with Gasteiger partial charge in [0.1, 0.15) is 11.5 Å². The van der Waals surface area contributed by atoms with Gasteiger partial charge in [-0.1, -0.05) is 36.0 Å². The lowest BCUT2D eigenvalue weighted by Gasteiger charge is -2.08. The van der Waals surface area contributed by atoms with Crippen LogP contribution in [-0.4, -0.2) is 10.2 Å². The molecule has 2 aromatic rings. The Kier molecular flexibility index (Phi) is 3.06. The number of benzene rings is 2. The maximum atomic E-state index is 9.66. The Morgan fingerprint density at radius 3 is 2.12 bits per heavy atom. The molecule has 0 unspecified atom stereocenters. The van der Waals surface area contributed by atoms with Crippen LogP contribution in [0.1, 0.15) is 5.56 Å². The van der Waals surface area contributed by atoms with Gasteiger partial charge in [-0.05, 0) is 30.7 Å². The van der Waals surface area contributed by atoms with Gasteiger partial charge in [-0.3, -0.25) is 0 Å². The summed E-state index contributed by atoms with van der Waals surface area (Å²) >= 11 is 1.37. The molecule has 0 heterocycles. The second-order valence-corrected chi connectivity index (χ2v) is 4.55. The van der Waals surface area contributed by atoms with Crippen molar-refractivity contribution in [2.75, 3.05) is 0 Å². The van der Waals surface area contributed by atoms with Crippen LogP contribution in [0.2, 0.25) is 0 Å². The number of phenolic OH excluding ortho intramolecular Hbond substituents is 2. The van der Waals surface area contributed by atoms with E-state index in [2.05, 4.69) is 0 Å². The van der Waals surface area contributed by atoms with Crippen molar-refractivity contribution in [3.63, 3.8) is 0 Å². The number of phenols is 2. The molecule has 0 atom stereocenters. The minimum absolute atomic E-state index is 0.105. The van der Waals surface area contributed by atoms with E-state index in [1.807, 2.05) is 31.2 Å². The number of aromatic hydroxyl groups is 2. The fourth-order valence-corrected chi connectivity index (χ4v) is 2.34. The fourth-order valence-electron chi connectivity index (χ4n) is 1.40. The molecule has 2 rings (SSSR count). The molecule has 0 saturated carbocycles. The minimum atomic E-state index is 0.105. The molecule has 0 aliphatic heterocycles. The van der Waals surface area contributed by atoms with Gasteiger partial charge in [0.05, 0.1) is 4.90 Å². The predicted octanol–water partition coefficient (Wildman–Crippen LogP) is 3.56. The van der Waals surface area contributed by atoms with E-state index in [-0.39, 0.29) is 11.5 Å². The van der Waals surface area contributed by atoms with Gasteiger partial charge < -0.3 is 10.2 Å². The summed E-state index contributed by atoms with van der Waals surface area (Å²) in [7, 11) is 0. The lowest BCUT2D eigenvalue weighted by molar-refractivity contribution is 0.428. The largest absolute Gasteiger partial charge is 0.507 e. The summed E-state index contributed by atoms with van der Waals surface area (Å²) in [4.78, 5) is 1.52. The molecule has 3 heteroatoms. The molecule has 2 aromatic carbocycles. The van der Waals surface area contributed by atoms with Gasteiger partial charge >= 0.3 is 0 Å². The average Bonchev–Trinajstić information content (AvgIpc) is 2.26. The van der Waals surface area contributed by atoms with Crippen LogP contribution >= 0.6 is 11.8 Å². The van der Waals surface area contributed by atoms with Crippen LogP contribution in [0, 0.1) is 6.92 Å². The zero-order valence-corrected chi connectivity index (χ0v) is 9.66. The Morgan fingerprint density at radius 1 is 0.875 bits per heavy atom. The van der Waals surface area contributed by atoms with Crippen molar-refractivity contribution < 1.29 is 10.2 Å². The molecule has 0 aliphatic rings. The number of rotatable bonds is 2. The standard InChI is InChI=1S/C13H12O2S/c1-9-5-2-3-8-12(9)16-13-10(14)6-4-7-11(13)15/h2-8,14-15H,1H3. The molecule has 0 saturated heterocycles. The Balaban J connectivity index is 2.38. The molecule has 0 spiro atoms. The maximum absolute atomic E-state index is 9.66. The highest BCUT2D eigenvalue weighted by Gasteiger charge is 2.09. The Labute approximate surface area is 98.6 Å². The van der Waals surface area contributed by atoms with Gasteiger partial charge in [0.2, 0.25) is 0 Å². The molecule has 82 valence electrons. The first kappa shape index (κ1) is 10.9. The third kappa shape index (κ3) is 2.14. The van der Waals surface area contributed by atoms with Gasteiger partial charge in [0.25, 0.3) is 0 Å². The Hall–Kier alpha value is -1.61. The van der Waals surface area contributed by atoms with Gasteiger partial charge in [0.15, 0.2) is 0 Å². The molecule has 16 heavy (non-hydrogen) atoms. The Morgan fingerprint density at radius 2 is 1.50 bits per heavy atom. The third-order valence-corrected chi connectivity index (χ3v) is 3.58. The minimum Gasteiger partial charge on any atom is -0.507 e. The zero-order valence-electron chi connectivity index (χ0n) is 8.84. The van der Waals surface area contributed by atoms with Crippen molar-refractivity contribution in [2.24, 2.45) is 0 Å². The van der Waals surface area contributed by atoms with E-state index in [1.165, 1.54) is 11.8 Å². The molecule has 2 N–H and O–H groups in total. The van der Waals surface area contributed by atoms with E-state index in [0.717, 1.165) is 10.5 Å². The van der Waals surface area contributed by atoms with E-state index in [4.69, 9.17) is 0 Å². The van der Waals surface area contributed by atoms with E-state index in [0.29, 0.717) is 4.90 Å². The summed E-state index contributed by atoms with van der Waals surface area (Å²) in [5.74, 6) is 0.210. The normalized spacial score (nSPS) is 10.3. The summed E-state index contributed by atoms with van der Waals surface area (Å²) in [6, 6.07) is 12.6. The zero-order chi connectivity index (χ0) is 11.5. The van der Waals surface area contributed by atoms with Gasteiger partial charge in [0, 0.05) is 4.90 Å². The van der Waals surface area contributed by atoms with Crippen LogP contribution in [0.5, 0.6) is 11.5 Å². The third-order valence-electron chi connectivity index (χ3n) is 2.28. The Bertz CT molecular complexity index is 489. The van der Waals surface area contributed by atoms with Crippen molar-refractivity contribution in [2.45, 2.75) is 16.7 Å². The lowest BCUT2D eigenvalue weighted by Crippen LogP contribution is -1.80. The first-order valence-electron chi connectivity index (χ1n) is 4.93. The average molecular weight is 232 g/mol. The van der Waals surface area contributed by atoms with Crippen molar-refractivity contribution in [1.82, 2.24) is 0 Å². The first-order chi connectivity index (χ1) is 7.68. The molecule has 0 radical (unpaired) electrons. The van der Waals surface area contributed by atoms with Gasteiger partial charge in [-0.2, -0.15) is 0 Å². The van der Waals surface area contributed by atoms with Gasteiger partial charge in [-0.15, -0.1) is 0 Å². The molecule has 0 aromatic heterocycles. The highest BCUT2D eigenvalue weighted by Crippen LogP contribution is 2.41. The molecule has 0 amide bonds. The summed E-state index contributed by atoms with van der Waals surface area (Å²) in [6.45, 7) is 2.00. The van der Waals surface area contributed by atoms with Crippen molar-refractivity contribution in [3.8, 4) is 11.5 Å². The van der Waals surface area contributed by atoms with Crippen molar-refractivity contribution in [1.29, 1.82) is 0 Å². The number of hydrogen-bond acceptors (Lipinski definition) is 3. The number of aryl methyl sites for hydroxylation is 1. The summed E-state index contributed by atoms with van der Waals surface area (Å²) in [6.07, 6.45) is 0. The topological polar surface area (TPSA) is 40.5 Å². The van der Waals surface area contributed by atoms with E-state index >= 15 is 0 Å². The highest BCUT2D eigenvalue weighted by molar-refractivity contribution is 7.99. The summed E-state index contributed by atoms with van der Waals surface area (Å²) < 4.78 is 0. The first-order valence-corrected chi connectivity index (χ1v) is 5.74. The number of hydrogen-bond donors (Lipinski definition) is 2. The van der Waals surface area contributed by atoms with E-state index < -0.39 is 0 Å². The molecular formula is C13H12O2S. The SMILES string of the molecule is Cc1ccccc1Sc1c(O)cccc1O. The fraction of sp³-hybridized carbons (Fsp3) is 0.0769. The van der Waals surface area contributed by atoms with Crippen molar-refractivity contribution in [3.05, 3.63) is 48.0 Å². The summed E-state index contributed by atoms with van der Waals surface area (Å²) in [5, 5.41) is 19.3. The van der Waals surface area contributed by atoms with Crippen LogP contribution in [0.15, 0.2) is 52.3 Å². The quantitative estimate of drug-likeness (QED) is 0.831. The molecule has 0 aliphatic carbocycles. The van der Waals surface area contributed by atoms with Crippen LogP contribution in [0.25, 0.3) is 0 Å². The van der Waals surface area contributed by atoms with E-state index in [1.54, 1.807) is 18.2 Å². The smallest absolute Gasteiger partial charge is 0.133 e. The molecule has 2 nitrogen and oxygen atoms in total. The molecular weight excluding hydrogens is 220 g/mol. The lowest BCUT2D eigenvalue weighted by atomic mass is 10.2. The summed E-state index contributed by atoms with van der Waals surface area (Å²) in [5.41, 5.74) is 1.12. The van der Waals surface area contributed by atoms with E-state index in [9.17, 15) is 10.2 Å². The predicted molar refractivity (Wildman–Crippen MR) is 65.1 cm³/mol. The van der Waals surface area contributed by atoms with Gasteiger partial charge in [-0.25, -0.2) is 0 Å². The van der Waals surface area contributed by atoms with Crippen LogP contribution in [0.3, 0.4) is 0 Å². The second kappa shape index (κ2) is 4.49.